The number of methoxy groups -OCH3 is 1. The number of ether oxygens (including phenoxy) is 1. The molecular weight excluding hydrogens is 524 g/mol. The van der Waals surface area contributed by atoms with Crippen molar-refractivity contribution >= 4 is 38.9 Å². The summed E-state index contributed by atoms with van der Waals surface area (Å²) in [5.74, 6) is -1.04. The summed E-state index contributed by atoms with van der Waals surface area (Å²) in [7, 11) is -2.51. The lowest BCUT2D eigenvalue weighted by atomic mass is 9.82. The minimum Gasteiger partial charge on any atom is -0.497 e. The Hall–Kier alpha value is -3.21. The van der Waals surface area contributed by atoms with Gasteiger partial charge in [-0.1, -0.05) is 55.7 Å². The Kier molecular flexibility index (Phi) is 7.56. The van der Waals surface area contributed by atoms with E-state index in [1.807, 2.05) is 30.3 Å². The fourth-order valence-corrected chi connectivity index (χ4v) is 7.95. The molecule has 3 aromatic rings. The van der Waals surface area contributed by atoms with Crippen molar-refractivity contribution in [2.45, 2.75) is 43.0 Å². The molecule has 2 fully saturated rings. The first-order valence-corrected chi connectivity index (χ1v) is 14.9. The molecule has 0 bridgehead atoms. The van der Waals surface area contributed by atoms with Gasteiger partial charge in [-0.2, -0.15) is 4.31 Å². The molecule has 2 aliphatic rings. The van der Waals surface area contributed by atoms with E-state index in [4.69, 9.17) is 4.74 Å². The Labute approximate surface area is 226 Å². The number of amides is 1. The number of carbonyl (C=O) groups is 2. The molecule has 2 aromatic carbocycles. The molecule has 1 saturated carbocycles. The zero-order chi connectivity index (χ0) is 26.9. The van der Waals surface area contributed by atoms with Crippen LogP contribution in [0.3, 0.4) is 0 Å². The highest BCUT2D eigenvalue weighted by Crippen LogP contribution is 2.42. The van der Waals surface area contributed by atoms with Crippen LogP contribution in [-0.2, 0) is 14.8 Å². The molecule has 1 amide bonds. The maximum atomic E-state index is 13.8. The second-order valence-electron chi connectivity index (χ2n) is 9.70. The predicted molar refractivity (Wildman–Crippen MR) is 146 cm³/mol. The Morgan fingerprint density at radius 3 is 2.45 bits per heavy atom. The first-order valence-electron chi connectivity index (χ1n) is 12.7. The Balaban J connectivity index is 1.56. The van der Waals surface area contributed by atoms with Crippen molar-refractivity contribution in [3.63, 3.8) is 0 Å². The Morgan fingerprint density at radius 2 is 1.76 bits per heavy atom. The normalized spacial score (nSPS) is 19.4. The lowest BCUT2D eigenvalue weighted by Crippen LogP contribution is -2.60. The van der Waals surface area contributed by atoms with Gasteiger partial charge in [0.2, 0.25) is 15.9 Å². The second kappa shape index (κ2) is 10.9. The number of carbonyl (C=O) groups excluding carboxylic acids is 1. The molecule has 2 heterocycles. The summed E-state index contributed by atoms with van der Waals surface area (Å²) in [6, 6.07) is 17.0. The highest BCUT2D eigenvalue weighted by atomic mass is 32.2. The Morgan fingerprint density at radius 1 is 1.03 bits per heavy atom. The van der Waals surface area contributed by atoms with Gasteiger partial charge >= 0.3 is 5.97 Å². The molecule has 0 radical (unpaired) electrons. The van der Waals surface area contributed by atoms with E-state index in [2.05, 4.69) is 0 Å². The van der Waals surface area contributed by atoms with Gasteiger partial charge < -0.3 is 14.7 Å². The van der Waals surface area contributed by atoms with Crippen molar-refractivity contribution in [3.05, 3.63) is 65.5 Å². The zero-order valence-corrected chi connectivity index (χ0v) is 22.7. The average molecular weight is 555 g/mol. The molecule has 1 saturated heterocycles. The van der Waals surface area contributed by atoms with Crippen LogP contribution in [0.25, 0.3) is 10.4 Å². The van der Waals surface area contributed by atoms with E-state index in [1.54, 1.807) is 23.1 Å². The molecule has 10 heteroatoms. The van der Waals surface area contributed by atoms with Gasteiger partial charge in [-0.25, -0.2) is 13.2 Å². The number of carboxylic acid groups (broad SMARTS) is 1. The summed E-state index contributed by atoms with van der Waals surface area (Å²) >= 11 is 1.13. The molecule has 1 aromatic heterocycles. The van der Waals surface area contributed by atoms with E-state index >= 15 is 0 Å². The average Bonchev–Trinajstić information content (AvgIpc) is 3.39. The van der Waals surface area contributed by atoms with Crippen LogP contribution in [-0.4, -0.2) is 55.9 Å². The molecule has 5 rings (SSSR count). The molecule has 8 nitrogen and oxygen atoms in total. The fraction of sp³-hybridized carbons (Fsp3) is 0.357. The second-order valence-corrected chi connectivity index (χ2v) is 12.7. The zero-order valence-electron chi connectivity index (χ0n) is 21.1. The van der Waals surface area contributed by atoms with Crippen LogP contribution in [0.1, 0.15) is 41.8 Å². The van der Waals surface area contributed by atoms with Gasteiger partial charge in [-0.15, -0.1) is 11.3 Å². The van der Waals surface area contributed by atoms with Crippen LogP contribution in [0.4, 0.5) is 5.69 Å². The molecule has 0 unspecified atom stereocenters. The van der Waals surface area contributed by atoms with Crippen LogP contribution in [0, 0.1) is 5.92 Å². The van der Waals surface area contributed by atoms with Crippen LogP contribution in [0.2, 0.25) is 0 Å². The van der Waals surface area contributed by atoms with Crippen LogP contribution < -0.4 is 9.64 Å². The summed E-state index contributed by atoms with van der Waals surface area (Å²) in [5, 5.41) is 10.1. The number of sulfonamides is 1. The number of benzene rings is 2. The standard InChI is InChI=1S/C28H30N2O6S2/c1-36-21-13-8-14-22(15-21)38(34,35)29-17-24(19-9-4-2-5-10-19)30(26(31)18-29)23-16-25(37-27(23)28(32)33)20-11-6-3-7-12-20/h3,6-8,11-16,19,24H,2,4-5,9-10,17-18H2,1H3,(H,32,33)/t24-/m0/s1. The lowest BCUT2D eigenvalue weighted by Gasteiger charge is -2.44. The highest BCUT2D eigenvalue weighted by Gasteiger charge is 2.44. The van der Waals surface area contributed by atoms with E-state index in [9.17, 15) is 23.1 Å². The number of anilines is 1. The van der Waals surface area contributed by atoms with E-state index < -0.39 is 27.9 Å². The highest BCUT2D eigenvalue weighted by molar-refractivity contribution is 7.89. The maximum Gasteiger partial charge on any atom is 0.348 e. The van der Waals surface area contributed by atoms with Crippen LogP contribution in [0.5, 0.6) is 5.75 Å². The number of rotatable bonds is 7. The monoisotopic (exact) mass is 554 g/mol. The third-order valence-electron chi connectivity index (χ3n) is 7.40. The van der Waals surface area contributed by atoms with E-state index in [1.165, 1.54) is 23.5 Å². The first kappa shape index (κ1) is 26.4. The number of thiophene rings is 1. The van der Waals surface area contributed by atoms with Gasteiger partial charge in [0.25, 0.3) is 0 Å². The van der Waals surface area contributed by atoms with Crippen LogP contribution >= 0.6 is 11.3 Å². The van der Waals surface area contributed by atoms with E-state index in [0.717, 1.165) is 53.9 Å². The van der Waals surface area contributed by atoms with Gasteiger partial charge in [0.1, 0.15) is 10.6 Å². The van der Waals surface area contributed by atoms with Gasteiger partial charge in [-0.3, -0.25) is 4.79 Å². The van der Waals surface area contributed by atoms with Gasteiger partial charge in [0.15, 0.2) is 0 Å². The minimum atomic E-state index is -3.98. The third kappa shape index (κ3) is 5.08. The molecule has 38 heavy (non-hydrogen) atoms. The van der Waals surface area contributed by atoms with Gasteiger partial charge in [0.05, 0.1) is 30.3 Å². The summed E-state index contributed by atoms with van der Waals surface area (Å²) in [5.41, 5.74) is 1.22. The molecule has 0 spiro atoms. The van der Waals surface area contributed by atoms with E-state index in [0.29, 0.717) is 11.4 Å². The van der Waals surface area contributed by atoms with Crippen molar-refractivity contribution < 1.29 is 27.9 Å². The largest absolute Gasteiger partial charge is 0.497 e. The number of hydrogen-bond acceptors (Lipinski definition) is 6. The fourth-order valence-electron chi connectivity index (χ4n) is 5.51. The summed E-state index contributed by atoms with van der Waals surface area (Å²) in [6.45, 7) is -0.260. The number of carboxylic acids is 1. The lowest BCUT2D eigenvalue weighted by molar-refractivity contribution is -0.121. The van der Waals surface area contributed by atoms with Crippen molar-refractivity contribution in [1.82, 2.24) is 4.31 Å². The van der Waals surface area contributed by atoms with Crippen molar-refractivity contribution in [3.8, 4) is 16.2 Å². The molecule has 1 aliphatic carbocycles. The van der Waals surface area contributed by atoms with E-state index in [-0.39, 0.29) is 28.8 Å². The number of aromatic carboxylic acids is 1. The number of nitrogens with zero attached hydrogens (tertiary/aromatic N) is 2. The third-order valence-corrected chi connectivity index (χ3v) is 10.4. The molecule has 1 N–H and O–H groups in total. The van der Waals surface area contributed by atoms with Crippen LogP contribution in [0.15, 0.2) is 65.6 Å². The maximum absolute atomic E-state index is 13.8. The minimum absolute atomic E-state index is 0.0635. The van der Waals surface area contributed by atoms with Crippen molar-refractivity contribution in [2.24, 2.45) is 5.92 Å². The predicted octanol–water partition coefficient (Wildman–Crippen LogP) is 5.11. The summed E-state index contributed by atoms with van der Waals surface area (Å²) in [4.78, 5) is 28.6. The van der Waals surface area contributed by atoms with Gasteiger partial charge in [0, 0.05) is 17.5 Å². The van der Waals surface area contributed by atoms with Crippen molar-refractivity contribution in [1.29, 1.82) is 0 Å². The molecule has 1 atom stereocenters. The smallest absolute Gasteiger partial charge is 0.348 e. The quantitative estimate of drug-likeness (QED) is 0.435. The molecule has 1 aliphatic heterocycles. The van der Waals surface area contributed by atoms with Crippen molar-refractivity contribution in [2.75, 3.05) is 25.1 Å². The number of piperazine rings is 1. The SMILES string of the molecule is COc1cccc(S(=O)(=O)N2CC(=O)N(c3cc(-c4ccccc4)sc3C(=O)O)[C@H](C3CCCCC3)C2)c1. The molecule has 200 valence electrons. The first-order chi connectivity index (χ1) is 18.3. The molecular formula is C28H30N2O6S2. The number of hydrogen-bond donors (Lipinski definition) is 1. The Bertz CT molecular complexity index is 1430. The topological polar surface area (TPSA) is 104 Å². The summed E-state index contributed by atoms with van der Waals surface area (Å²) < 4.78 is 33.7. The van der Waals surface area contributed by atoms with Gasteiger partial charge in [-0.05, 0) is 42.5 Å². The summed E-state index contributed by atoms with van der Waals surface area (Å²) in [6.07, 6.45) is 4.81.